The highest BCUT2D eigenvalue weighted by Crippen LogP contribution is 2.40. The third-order valence-electron chi connectivity index (χ3n) is 7.95. The van der Waals surface area contributed by atoms with Crippen molar-refractivity contribution in [2.45, 2.75) is 26.4 Å². The summed E-state index contributed by atoms with van der Waals surface area (Å²) in [6.45, 7) is 4.11. The first-order chi connectivity index (χ1) is 22.2. The Morgan fingerprint density at radius 3 is 1.70 bits per heavy atom. The number of methoxy groups -OCH3 is 1. The molecule has 2 aromatic heterocycles. The molecule has 6 aromatic rings. The third kappa shape index (κ3) is 5.85. The number of aromatic amines is 4. The van der Waals surface area contributed by atoms with Gasteiger partial charge in [-0.05, 0) is 60.4 Å². The molecule has 0 amide bonds. The Morgan fingerprint density at radius 2 is 1.22 bits per heavy atom. The summed E-state index contributed by atoms with van der Waals surface area (Å²) in [4.78, 5) is 37.8. The number of rotatable bonds is 10. The Balaban J connectivity index is 1.48. The molecule has 4 N–H and O–H groups in total. The molecule has 0 radical (unpaired) electrons. The highest BCUT2D eigenvalue weighted by atomic mass is 16.6. The zero-order valence-corrected chi connectivity index (χ0v) is 25.3. The summed E-state index contributed by atoms with van der Waals surface area (Å²) in [6, 6.07) is 26.9. The van der Waals surface area contributed by atoms with Gasteiger partial charge in [0.1, 0.15) is 6.61 Å². The van der Waals surface area contributed by atoms with Gasteiger partial charge in [-0.15, -0.1) is 0 Å². The van der Waals surface area contributed by atoms with Crippen LogP contribution in [0.15, 0.2) is 101 Å². The first-order valence-electron chi connectivity index (χ1n) is 14.5. The standard InChI is InChI=1S/C35H31N5O6/c1-20-4-10-23(11-5-20)32-30(34(41)38-36-32)29(31-33(37-39-35(31)42)24-12-6-21(2)7-13-24)25-14-17-27(28(18-25)45-3)46-19-22-8-15-26(16-9-22)40(43)44/h4-18,29H,19H2,1-3H3,(H2,36,38,41)(H2,37,39,42). The van der Waals surface area contributed by atoms with Gasteiger partial charge in [0.05, 0.1) is 34.5 Å². The van der Waals surface area contributed by atoms with Crippen LogP contribution >= 0.6 is 0 Å². The van der Waals surface area contributed by atoms with Crippen molar-refractivity contribution in [2.75, 3.05) is 7.11 Å². The average Bonchev–Trinajstić information content (AvgIpc) is 3.63. The number of ether oxygens (including phenoxy) is 2. The lowest BCUT2D eigenvalue weighted by Crippen LogP contribution is -2.20. The fraction of sp³-hybridized carbons (Fsp3) is 0.143. The van der Waals surface area contributed by atoms with E-state index in [4.69, 9.17) is 9.47 Å². The van der Waals surface area contributed by atoms with Crippen LogP contribution in [-0.2, 0) is 6.61 Å². The minimum absolute atomic E-state index is 0.00812. The van der Waals surface area contributed by atoms with Gasteiger partial charge in [0.2, 0.25) is 0 Å². The van der Waals surface area contributed by atoms with Crippen molar-refractivity contribution in [2.24, 2.45) is 0 Å². The van der Waals surface area contributed by atoms with E-state index in [9.17, 15) is 19.7 Å². The summed E-state index contributed by atoms with van der Waals surface area (Å²) in [5, 5.41) is 22.6. The lowest BCUT2D eigenvalue weighted by atomic mass is 9.83. The second-order valence-corrected chi connectivity index (χ2v) is 11.0. The molecule has 0 saturated heterocycles. The summed E-state index contributed by atoms with van der Waals surface area (Å²) < 4.78 is 11.8. The van der Waals surface area contributed by atoms with Crippen LogP contribution in [0, 0.1) is 24.0 Å². The number of non-ortho nitro benzene ring substituents is 1. The molecule has 6 rings (SSSR count). The maximum absolute atomic E-state index is 13.6. The molecule has 0 aliphatic heterocycles. The maximum Gasteiger partial charge on any atom is 0.269 e. The third-order valence-corrected chi connectivity index (χ3v) is 7.95. The Bertz CT molecular complexity index is 2020. The number of H-pyrrole nitrogens is 4. The molecule has 0 bridgehead atoms. The van der Waals surface area contributed by atoms with E-state index < -0.39 is 10.8 Å². The molecule has 11 nitrogen and oxygen atoms in total. The molecule has 232 valence electrons. The van der Waals surface area contributed by atoms with Crippen molar-refractivity contribution in [3.05, 3.63) is 155 Å². The van der Waals surface area contributed by atoms with Crippen molar-refractivity contribution < 1.29 is 14.4 Å². The summed E-state index contributed by atoms with van der Waals surface area (Å²) in [5.41, 5.74) is 6.15. The van der Waals surface area contributed by atoms with Crippen LogP contribution in [0.25, 0.3) is 22.5 Å². The van der Waals surface area contributed by atoms with Crippen LogP contribution in [0.2, 0.25) is 0 Å². The lowest BCUT2D eigenvalue weighted by molar-refractivity contribution is -0.384. The number of hydrogen-bond acceptors (Lipinski definition) is 6. The van der Waals surface area contributed by atoms with Gasteiger partial charge in [-0.3, -0.25) is 40.1 Å². The van der Waals surface area contributed by atoms with Crippen molar-refractivity contribution in [3.8, 4) is 34.0 Å². The van der Waals surface area contributed by atoms with Gasteiger partial charge in [0.25, 0.3) is 16.8 Å². The van der Waals surface area contributed by atoms with Gasteiger partial charge < -0.3 is 9.47 Å². The van der Waals surface area contributed by atoms with Crippen LogP contribution in [0.5, 0.6) is 11.5 Å². The molecule has 0 spiro atoms. The first-order valence-corrected chi connectivity index (χ1v) is 14.5. The topological polar surface area (TPSA) is 159 Å². The Morgan fingerprint density at radius 1 is 0.696 bits per heavy atom. The smallest absolute Gasteiger partial charge is 0.269 e. The fourth-order valence-electron chi connectivity index (χ4n) is 5.52. The quantitative estimate of drug-likeness (QED) is 0.104. The molecule has 0 saturated carbocycles. The molecule has 0 fully saturated rings. The second kappa shape index (κ2) is 12.5. The highest BCUT2D eigenvalue weighted by Gasteiger charge is 2.32. The van der Waals surface area contributed by atoms with Gasteiger partial charge in [-0.2, -0.15) is 0 Å². The van der Waals surface area contributed by atoms with Crippen molar-refractivity contribution in [1.82, 2.24) is 20.4 Å². The molecule has 0 atom stereocenters. The Labute approximate surface area is 263 Å². The fourth-order valence-corrected chi connectivity index (χ4v) is 5.52. The number of nitro benzene ring substituents is 1. The summed E-state index contributed by atoms with van der Waals surface area (Å²) in [6.07, 6.45) is 0. The molecule has 2 heterocycles. The summed E-state index contributed by atoms with van der Waals surface area (Å²) in [5.74, 6) is -0.0147. The number of aryl methyl sites for hydroxylation is 2. The first kappa shape index (κ1) is 29.9. The van der Waals surface area contributed by atoms with Crippen LogP contribution < -0.4 is 20.6 Å². The van der Waals surface area contributed by atoms with E-state index in [0.717, 1.165) is 27.8 Å². The van der Waals surface area contributed by atoms with Gasteiger partial charge >= 0.3 is 0 Å². The normalized spacial score (nSPS) is 11.1. The average molecular weight is 618 g/mol. The van der Waals surface area contributed by atoms with Crippen molar-refractivity contribution >= 4 is 5.69 Å². The van der Waals surface area contributed by atoms with Gasteiger partial charge in [0, 0.05) is 18.1 Å². The second-order valence-electron chi connectivity index (χ2n) is 11.0. The number of nitrogens with zero attached hydrogens (tertiary/aromatic N) is 1. The number of hydrogen-bond donors (Lipinski definition) is 4. The molecular formula is C35H31N5O6. The molecule has 11 heteroatoms. The highest BCUT2D eigenvalue weighted by molar-refractivity contribution is 5.71. The monoisotopic (exact) mass is 617 g/mol. The van der Waals surface area contributed by atoms with Crippen LogP contribution in [-0.4, -0.2) is 32.4 Å². The van der Waals surface area contributed by atoms with Crippen LogP contribution in [0.4, 0.5) is 5.69 Å². The number of aromatic nitrogens is 4. The molecule has 0 aliphatic carbocycles. The van der Waals surface area contributed by atoms with E-state index in [1.165, 1.54) is 19.2 Å². The zero-order chi connectivity index (χ0) is 32.4. The van der Waals surface area contributed by atoms with Crippen LogP contribution in [0.3, 0.4) is 0 Å². The Kier molecular flexibility index (Phi) is 8.13. The van der Waals surface area contributed by atoms with Gasteiger partial charge in [-0.1, -0.05) is 65.7 Å². The maximum atomic E-state index is 13.6. The molecule has 4 aromatic carbocycles. The minimum atomic E-state index is -0.824. The molecular weight excluding hydrogens is 586 g/mol. The van der Waals surface area contributed by atoms with Crippen molar-refractivity contribution in [1.29, 1.82) is 0 Å². The predicted molar refractivity (Wildman–Crippen MR) is 175 cm³/mol. The molecule has 0 unspecified atom stereocenters. The number of nitrogens with one attached hydrogen (secondary N) is 4. The Hall–Kier alpha value is -6.10. The largest absolute Gasteiger partial charge is 0.493 e. The van der Waals surface area contributed by atoms with E-state index in [1.54, 1.807) is 30.3 Å². The summed E-state index contributed by atoms with van der Waals surface area (Å²) >= 11 is 0. The van der Waals surface area contributed by atoms with Gasteiger partial charge in [-0.25, -0.2) is 0 Å². The number of benzene rings is 4. The summed E-state index contributed by atoms with van der Waals surface area (Å²) in [7, 11) is 1.51. The molecule has 0 aliphatic rings. The predicted octanol–water partition coefficient (Wildman–Crippen LogP) is 6.35. The van der Waals surface area contributed by atoms with E-state index in [-0.39, 0.29) is 23.4 Å². The van der Waals surface area contributed by atoms with E-state index in [0.29, 0.717) is 39.6 Å². The minimum Gasteiger partial charge on any atom is -0.493 e. The SMILES string of the molecule is COc1cc(C(c2c(-c3ccc(C)cc3)[nH][nH]c2=O)c2c(-c3ccc(C)cc3)[nH][nH]c2=O)ccc1OCc1ccc([N+](=O)[O-])cc1. The van der Waals surface area contributed by atoms with Gasteiger partial charge in [0.15, 0.2) is 11.5 Å². The van der Waals surface area contributed by atoms with E-state index in [2.05, 4.69) is 20.4 Å². The lowest BCUT2D eigenvalue weighted by Gasteiger charge is -2.20. The van der Waals surface area contributed by atoms with E-state index in [1.807, 2.05) is 62.4 Å². The van der Waals surface area contributed by atoms with Crippen LogP contribution in [0.1, 0.15) is 39.3 Å². The van der Waals surface area contributed by atoms with E-state index >= 15 is 0 Å². The zero-order valence-electron chi connectivity index (χ0n) is 25.3. The molecule has 46 heavy (non-hydrogen) atoms. The number of nitro groups is 1. The van der Waals surface area contributed by atoms with Crippen molar-refractivity contribution in [3.63, 3.8) is 0 Å².